The van der Waals surface area contributed by atoms with Crippen LogP contribution in [0.15, 0.2) is 18.2 Å². The zero-order valence-electron chi connectivity index (χ0n) is 7.54. The second-order valence-corrected chi connectivity index (χ2v) is 3.14. The Bertz CT molecular complexity index is 461. The predicted molar refractivity (Wildman–Crippen MR) is 52.0 cm³/mol. The molecule has 1 aromatic carbocycles. The lowest BCUT2D eigenvalue weighted by molar-refractivity contribution is -0.103. The highest BCUT2D eigenvalue weighted by atomic mass is 16.1. The van der Waals surface area contributed by atoms with Gasteiger partial charge in [0.15, 0.2) is 12.1 Å². The van der Waals surface area contributed by atoms with Crippen molar-refractivity contribution in [2.75, 3.05) is 0 Å². The smallest absolute Gasteiger partial charge is 0.193 e. The Morgan fingerprint density at radius 3 is 2.93 bits per heavy atom. The Morgan fingerprint density at radius 2 is 2.14 bits per heavy atom. The number of hydrogen-bond donors (Lipinski definition) is 0. The second-order valence-electron chi connectivity index (χ2n) is 3.14. The Hall–Kier alpha value is -1.88. The first-order valence-electron chi connectivity index (χ1n) is 4.43. The Morgan fingerprint density at radius 1 is 1.29 bits per heavy atom. The van der Waals surface area contributed by atoms with Crippen molar-refractivity contribution in [3.8, 4) is 11.8 Å². The molecule has 0 radical (unpaired) electrons. The molecule has 2 rings (SSSR count). The van der Waals surface area contributed by atoms with Gasteiger partial charge in [0.25, 0.3) is 0 Å². The van der Waals surface area contributed by atoms with Crippen molar-refractivity contribution in [2.45, 2.75) is 12.8 Å². The summed E-state index contributed by atoms with van der Waals surface area (Å²) in [6, 6.07) is 5.46. The molecule has 0 fully saturated rings. The van der Waals surface area contributed by atoms with Crippen molar-refractivity contribution in [2.24, 2.45) is 0 Å². The molecule has 1 aliphatic rings. The van der Waals surface area contributed by atoms with Gasteiger partial charge in [-0.2, -0.15) is 0 Å². The molecular formula is C12H8O2. The number of carbonyl (C=O) groups is 2. The topological polar surface area (TPSA) is 34.1 Å². The summed E-state index contributed by atoms with van der Waals surface area (Å²) < 4.78 is 0. The lowest BCUT2D eigenvalue weighted by Gasteiger charge is -1.99. The number of carbonyl (C=O) groups excluding carboxylic acids is 2. The number of hydrogen-bond acceptors (Lipinski definition) is 2. The van der Waals surface area contributed by atoms with Gasteiger partial charge in [0.2, 0.25) is 0 Å². The molecule has 0 aliphatic heterocycles. The third kappa shape index (κ3) is 1.33. The molecular weight excluding hydrogens is 176 g/mol. The minimum Gasteiger partial charge on any atom is -0.294 e. The van der Waals surface area contributed by atoms with E-state index in [1.54, 1.807) is 6.07 Å². The molecule has 0 atom stereocenters. The van der Waals surface area contributed by atoms with Crippen LogP contribution >= 0.6 is 0 Å². The summed E-state index contributed by atoms with van der Waals surface area (Å²) >= 11 is 0. The van der Waals surface area contributed by atoms with E-state index in [1.807, 2.05) is 12.1 Å². The largest absolute Gasteiger partial charge is 0.294 e. The number of aldehydes is 1. The van der Waals surface area contributed by atoms with E-state index >= 15 is 0 Å². The van der Waals surface area contributed by atoms with Crippen LogP contribution in [0, 0.1) is 11.8 Å². The van der Waals surface area contributed by atoms with Crippen LogP contribution in [0.5, 0.6) is 0 Å². The highest BCUT2D eigenvalue weighted by Crippen LogP contribution is 2.24. The fourth-order valence-corrected chi connectivity index (χ4v) is 1.71. The van der Waals surface area contributed by atoms with Crippen LogP contribution in [-0.2, 0) is 11.2 Å². The quantitative estimate of drug-likeness (QED) is 0.450. The molecule has 0 saturated heterocycles. The van der Waals surface area contributed by atoms with Gasteiger partial charge in [0, 0.05) is 17.5 Å². The van der Waals surface area contributed by atoms with E-state index in [-0.39, 0.29) is 5.78 Å². The monoisotopic (exact) mass is 184 g/mol. The van der Waals surface area contributed by atoms with E-state index in [4.69, 9.17) is 0 Å². The van der Waals surface area contributed by atoms with Crippen LogP contribution in [0.3, 0.4) is 0 Å². The van der Waals surface area contributed by atoms with Gasteiger partial charge in [-0.15, -0.1) is 0 Å². The van der Waals surface area contributed by atoms with Crippen molar-refractivity contribution < 1.29 is 9.59 Å². The lowest BCUT2D eigenvalue weighted by atomic mass is 10.0. The van der Waals surface area contributed by atoms with Gasteiger partial charge >= 0.3 is 0 Å². The highest BCUT2D eigenvalue weighted by Gasteiger charge is 2.20. The zero-order valence-corrected chi connectivity index (χ0v) is 7.54. The third-order valence-corrected chi connectivity index (χ3v) is 2.34. The average Bonchev–Trinajstić information content (AvgIpc) is 2.58. The van der Waals surface area contributed by atoms with Crippen LogP contribution in [0.4, 0.5) is 0 Å². The standard InChI is InChI=1S/C12H8O2/c13-8-2-4-9-3-1-5-11-10(9)6-7-12(11)14/h1,3,5,8H,6-7H2. The molecule has 0 aromatic heterocycles. The molecule has 1 aliphatic carbocycles. The first-order valence-corrected chi connectivity index (χ1v) is 4.43. The lowest BCUT2D eigenvalue weighted by Crippen LogP contribution is -1.92. The minimum atomic E-state index is 0.176. The molecule has 0 bridgehead atoms. The minimum absolute atomic E-state index is 0.176. The van der Waals surface area contributed by atoms with Gasteiger partial charge in [0.1, 0.15) is 0 Å². The molecule has 0 unspecified atom stereocenters. The molecule has 68 valence electrons. The van der Waals surface area contributed by atoms with Gasteiger partial charge in [0.05, 0.1) is 0 Å². The summed E-state index contributed by atoms with van der Waals surface area (Å²) in [5, 5.41) is 0. The van der Waals surface area contributed by atoms with Crippen molar-refractivity contribution in [3.63, 3.8) is 0 Å². The maximum absolute atomic E-state index is 11.4. The van der Waals surface area contributed by atoms with E-state index in [2.05, 4.69) is 11.8 Å². The third-order valence-electron chi connectivity index (χ3n) is 2.34. The molecule has 0 spiro atoms. The summed E-state index contributed by atoms with van der Waals surface area (Å²) in [6.45, 7) is 0. The molecule has 0 amide bonds. The number of fused-ring (bicyclic) bond motifs is 1. The van der Waals surface area contributed by atoms with E-state index < -0.39 is 0 Å². The number of benzene rings is 1. The van der Waals surface area contributed by atoms with Crippen LogP contribution in [0.2, 0.25) is 0 Å². The van der Waals surface area contributed by atoms with Crippen molar-refractivity contribution >= 4 is 12.1 Å². The van der Waals surface area contributed by atoms with E-state index in [0.29, 0.717) is 12.7 Å². The summed E-state index contributed by atoms with van der Waals surface area (Å²) in [7, 11) is 0. The maximum atomic E-state index is 11.4. The SMILES string of the molecule is O=CC#Cc1cccc2c1CCC2=O. The highest BCUT2D eigenvalue weighted by molar-refractivity contribution is 6.01. The summed E-state index contributed by atoms with van der Waals surface area (Å²) in [5.74, 6) is 5.29. The molecule has 2 heteroatoms. The van der Waals surface area contributed by atoms with Crippen LogP contribution < -0.4 is 0 Å². The second kappa shape index (κ2) is 3.47. The molecule has 14 heavy (non-hydrogen) atoms. The van der Waals surface area contributed by atoms with Crippen molar-refractivity contribution in [1.29, 1.82) is 0 Å². The number of Topliss-reactive ketones (excluding diaryl/α,β-unsaturated/α-hetero) is 1. The Kier molecular flexibility index (Phi) is 2.16. The van der Waals surface area contributed by atoms with Crippen molar-refractivity contribution in [1.82, 2.24) is 0 Å². The first kappa shape index (κ1) is 8.71. The van der Waals surface area contributed by atoms with E-state index in [0.717, 1.165) is 23.1 Å². The Balaban J connectivity index is 2.54. The van der Waals surface area contributed by atoms with Gasteiger partial charge in [-0.05, 0) is 24.0 Å². The van der Waals surface area contributed by atoms with Gasteiger partial charge in [-0.1, -0.05) is 18.1 Å². The van der Waals surface area contributed by atoms with Gasteiger partial charge in [-0.25, -0.2) is 0 Å². The van der Waals surface area contributed by atoms with E-state index in [1.165, 1.54) is 0 Å². The summed E-state index contributed by atoms with van der Waals surface area (Å²) in [5.41, 5.74) is 2.56. The first-order chi connectivity index (χ1) is 6.83. The van der Waals surface area contributed by atoms with Crippen LogP contribution in [0.1, 0.15) is 27.9 Å². The van der Waals surface area contributed by atoms with Gasteiger partial charge < -0.3 is 0 Å². The summed E-state index contributed by atoms with van der Waals surface area (Å²) in [6.07, 6.45) is 1.88. The number of rotatable bonds is 0. The number of ketones is 1. The molecule has 2 nitrogen and oxygen atoms in total. The van der Waals surface area contributed by atoms with Gasteiger partial charge in [-0.3, -0.25) is 9.59 Å². The average molecular weight is 184 g/mol. The van der Waals surface area contributed by atoms with Crippen LogP contribution in [-0.4, -0.2) is 12.1 Å². The van der Waals surface area contributed by atoms with Crippen LogP contribution in [0.25, 0.3) is 0 Å². The predicted octanol–water partition coefficient (Wildman–Crippen LogP) is 1.37. The van der Waals surface area contributed by atoms with Crippen molar-refractivity contribution in [3.05, 3.63) is 34.9 Å². The Labute approximate surface area is 81.9 Å². The maximum Gasteiger partial charge on any atom is 0.193 e. The molecule has 0 N–H and O–H groups in total. The molecule has 0 saturated carbocycles. The zero-order chi connectivity index (χ0) is 9.97. The molecule has 1 aromatic rings. The fraction of sp³-hybridized carbons (Fsp3) is 0.167. The molecule has 0 heterocycles. The normalized spacial score (nSPS) is 13.0. The van der Waals surface area contributed by atoms with E-state index in [9.17, 15) is 9.59 Å². The summed E-state index contributed by atoms with van der Waals surface area (Å²) in [4.78, 5) is 21.5. The fourth-order valence-electron chi connectivity index (χ4n) is 1.71.